The van der Waals surface area contributed by atoms with Gasteiger partial charge in [0.25, 0.3) is 5.91 Å². The van der Waals surface area contributed by atoms with E-state index in [2.05, 4.69) is 5.32 Å². The van der Waals surface area contributed by atoms with Crippen LogP contribution in [0.25, 0.3) is 0 Å². The number of hydrogen-bond donors (Lipinski definition) is 2. The SMILES string of the molecule is O=C(NCC(O)c1ccccc1C(F)(F)F)c1ccc(F)cc1F. The van der Waals surface area contributed by atoms with Crippen molar-refractivity contribution in [2.45, 2.75) is 12.3 Å². The number of hydrogen-bond acceptors (Lipinski definition) is 2. The van der Waals surface area contributed by atoms with Gasteiger partial charge in [0.1, 0.15) is 11.6 Å². The fourth-order valence-electron chi connectivity index (χ4n) is 2.11. The van der Waals surface area contributed by atoms with Crippen molar-refractivity contribution in [2.24, 2.45) is 0 Å². The number of benzene rings is 2. The highest BCUT2D eigenvalue weighted by Crippen LogP contribution is 2.34. The number of carbonyl (C=O) groups excluding carboxylic acids is 1. The highest BCUT2D eigenvalue weighted by molar-refractivity contribution is 5.94. The predicted octanol–water partition coefficient (Wildman–Crippen LogP) is 3.45. The summed E-state index contributed by atoms with van der Waals surface area (Å²) >= 11 is 0. The van der Waals surface area contributed by atoms with Crippen LogP contribution < -0.4 is 5.32 Å². The van der Waals surface area contributed by atoms with E-state index in [4.69, 9.17) is 0 Å². The molecule has 3 nitrogen and oxygen atoms in total. The molecule has 2 N–H and O–H groups in total. The maximum Gasteiger partial charge on any atom is 0.416 e. The third-order valence-electron chi connectivity index (χ3n) is 3.26. The molecule has 0 aliphatic rings. The number of alkyl halides is 3. The van der Waals surface area contributed by atoms with Crippen molar-refractivity contribution in [3.63, 3.8) is 0 Å². The second-order valence-electron chi connectivity index (χ2n) is 4.94. The van der Waals surface area contributed by atoms with Crippen LogP contribution in [-0.2, 0) is 6.18 Å². The largest absolute Gasteiger partial charge is 0.416 e. The van der Waals surface area contributed by atoms with Crippen molar-refractivity contribution in [1.29, 1.82) is 0 Å². The van der Waals surface area contributed by atoms with Crippen molar-refractivity contribution in [1.82, 2.24) is 5.32 Å². The third-order valence-corrected chi connectivity index (χ3v) is 3.26. The molecule has 0 spiro atoms. The molecule has 0 saturated carbocycles. The normalized spacial score (nSPS) is 12.8. The first-order valence-electron chi connectivity index (χ1n) is 6.77. The molecule has 0 bridgehead atoms. The van der Waals surface area contributed by atoms with E-state index in [1.54, 1.807) is 0 Å². The molecule has 0 saturated heterocycles. The molecule has 1 amide bonds. The molecule has 8 heteroatoms. The number of aliphatic hydroxyl groups excluding tert-OH is 1. The Morgan fingerprint density at radius 1 is 1.12 bits per heavy atom. The maximum absolute atomic E-state index is 13.5. The second kappa shape index (κ2) is 6.96. The minimum absolute atomic E-state index is 0.412. The summed E-state index contributed by atoms with van der Waals surface area (Å²) in [4.78, 5) is 11.8. The number of rotatable bonds is 4. The lowest BCUT2D eigenvalue weighted by Crippen LogP contribution is -2.30. The standard InChI is InChI=1S/C16H12F5NO2/c17-9-5-6-11(13(18)7-9)15(24)22-8-14(23)10-3-1-2-4-12(10)16(19,20)21/h1-7,14,23H,8H2,(H,22,24). The van der Waals surface area contributed by atoms with Crippen molar-refractivity contribution >= 4 is 5.91 Å². The smallest absolute Gasteiger partial charge is 0.387 e. The molecule has 0 aliphatic heterocycles. The van der Waals surface area contributed by atoms with Crippen LogP contribution >= 0.6 is 0 Å². The second-order valence-corrected chi connectivity index (χ2v) is 4.94. The Kier molecular flexibility index (Phi) is 5.18. The lowest BCUT2D eigenvalue weighted by atomic mass is 10.0. The summed E-state index contributed by atoms with van der Waals surface area (Å²) in [6, 6.07) is 6.65. The summed E-state index contributed by atoms with van der Waals surface area (Å²) in [7, 11) is 0. The van der Waals surface area contributed by atoms with Gasteiger partial charge in [-0.1, -0.05) is 18.2 Å². The van der Waals surface area contributed by atoms with Gasteiger partial charge in [0, 0.05) is 12.6 Å². The molecule has 24 heavy (non-hydrogen) atoms. The van der Waals surface area contributed by atoms with Crippen LogP contribution in [0.5, 0.6) is 0 Å². The minimum Gasteiger partial charge on any atom is -0.387 e. The molecule has 128 valence electrons. The minimum atomic E-state index is -4.66. The summed E-state index contributed by atoms with van der Waals surface area (Å²) in [5, 5.41) is 12.0. The zero-order valence-electron chi connectivity index (χ0n) is 12.1. The topological polar surface area (TPSA) is 49.3 Å². The van der Waals surface area contributed by atoms with E-state index in [0.29, 0.717) is 6.07 Å². The summed E-state index contributed by atoms with van der Waals surface area (Å²) in [5.74, 6) is -2.96. The molecular weight excluding hydrogens is 333 g/mol. The van der Waals surface area contributed by atoms with E-state index in [-0.39, 0.29) is 0 Å². The molecule has 0 aromatic heterocycles. The third kappa shape index (κ3) is 4.08. The Bertz CT molecular complexity index is 745. The van der Waals surface area contributed by atoms with Gasteiger partial charge in [-0.05, 0) is 23.8 Å². The van der Waals surface area contributed by atoms with Gasteiger partial charge in [-0.2, -0.15) is 13.2 Å². The van der Waals surface area contributed by atoms with Gasteiger partial charge in [0.05, 0.1) is 17.2 Å². The van der Waals surface area contributed by atoms with E-state index in [0.717, 1.165) is 24.3 Å². The predicted molar refractivity (Wildman–Crippen MR) is 75.1 cm³/mol. The van der Waals surface area contributed by atoms with Crippen LogP contribution in [0, 0.1) is 11.6 Å². The first-order chi connectivity index (χ1) is 11.2. The molecule has 0 heterocycles. The molecule has 0 radical (unpaired) electrons. The molecule has 2 aromatic carbocycles. The first-order valence-corrected chi connectivity index (χ1v) is 6.77. The van der Waals surface area contributed by atoms with Gasteiger partial charge in [0.2, 0.25) is 0 Å². The van der Waals surface area contributed by atoms with Crippen LogP contribution in [0.3, 0.4) is 0 Å². The maximum atomic E-state index is 13.5. The molecule has 1 atom stereocenters. The molecule has 1 unspecified atom stereocenters. The Labute approximate surface area is 133 Å². The average molecular weight is 345 g/mol. The van der Waals surface area contributed by atoms with Crippen molar-refractivity contribution in [3.8, 4) is 0 Å². The molecule has 0 fully saturated rings. The van der Waals surface area contributed by atoms with E-state index < -0.39 is 53.1 Å². The molecular formula is C16H12F5NO2. The van der Waals surface area contributed by atoms with Crippen LogP contribution in [0.2, 0.25) is 0 Å². The van der Waals surface area contributed by atoms with Gasteiger partial charge >= 0.3 is 6.18 Å². The van der Waals surface area contributed by atoms with Gasteiger partial charge in [0.15, 0.2) is 0 Å². The number of nitrogens with one attached hydrogen (secondary N) is 1. The first kappa shape index (κ1) is 17.9. The van der Waals surface area contributed by atoms with E-state index in [1.165, 1.54) is 12.1 Å². The van der Waals surface area contributed by atoms with E-state index >= 15 is 0 Å². The van der Waals surface area contributed by atoms with Crippen molar-refractivity contribution in [2.75, 3.05) is 6.54 Å². The highest BCUT2D eigenvalue weighted by Gasteiger charge is 2.34. The van der Waals surface area contributed by atoms with Gasteiger partial charge in [-0.15, -0.1) is 0 Å². The van der Waals surface area contributed by atoms with Crippen LogP contribution in [0.1, 0.15) is 27.6 Å². The summed E-state index contributed by atoms with van der Waals surface area (Å²) in [6.07, 6.45) is -6.31. The average Bonchev–Trinajstić information content (AvgIpc) is 2.51. The Balaban J connectivity index is 2.11. The highest BCUT2D eigenvalue weighted by atomic mass is 19.4. The zero-order valence-corrected chi connectivity index (χ0v) is 12.1. The van der Waals surface area contributed by atoms with Crippen LogP contribution in [0.4, 0.5) is 22.0 Å². The van der Waals surface area contributed by atoms with Crippen LogP contribution in [0.15, 0.2) is 42.5 Å². The Morgan fingerprint density at radius 3 is 2.42 bits per heavy atom. The fourth-order valence-corrected chi connectivity index (χ4v) is 2.11. The summed E-state index contributed by atoms with van der Waals surface area (Å²) in [5.41, 5.74) is -1.92. The van der Waals surface area contributed by atoms with E-state index in [1.807, 2.05) is 0 Å². The number of halogens is 5. The monoisotopic (exact) mass is 345 g/mol. The van der Waals surface area contributed by atoms with Crippen molar-refractivity contribution < 1.29 is 31.9 Å². The zero-order chi connectivity index (χ0) is 17.9. The van der Waals surface area contributed by atoms with Crippen LogP contribution in [-0.4, -0.2) is 17.6 Å². The molecule has 2 rings (SSSR count). The summed E-state index contributed by atoms with van der Waals surface area (Å²) < 4.78 is 64.9. The number of carbonyl (C=O) groups is 1. The summed E-state index contributed by atoms with van der Waals surface area (Å²) in [6.45, 7) is -0.567. The molecule has 0 aliphatic carbocycles. The Morgan fingerprint density at radius 2 is 1.79 bits per heavy atom. The Hall–Kier alpha value is -2.48. The van der Waals surface area contributed by atoms with Gasteiger partial charge in [-0.25, -0.2) is 8.78 Å². The van der Waals surface area contributed by atoms with Crippen molar-refractivity contribution in [3.05, 3.63) is 70.8 Å². The van der Waals surface area contributed by atoms with E-state index in [9.17, 15) is 31.9 Å². The lowest BCUT2D eigenvalue weighted by Gasteiger charge is -2.18. The number of amides is 1. The quantitative estimate of drug-likeness (QED) is 0.834. The van der Waals surface area contributed by atoms with Gasteiger partial charge in [-0.3, -0.25) is 4.79 Å². The number of aliphatic hydroxyl groups is 1. The fraction of sp³-hybridized carbons (Fsp3) is 0.188. The lowest BCUT2D eigenvalue weighted by molar-refractivity contribution is -0.139. The molecule has 2 aromatic rings. The van der Waals surface area contributed by atoms with Gasteiger partial charge < -0.3 is 10.4 Å².